The average molecular weight is 389 g/mol. The molecule has 0 saturated carbocycles. The third-order valence-corrected chi connectivity index (χ3v) is 5.61. The van der Waals surface area contributed by atoms with Gasteiger partial charge in [0, 0.05) is 29.0 Å². The van der Waals surface area contributed by atoms with Crippen LogP contribution in [0.2, 0.25) is 0 Å². The first kappa shape index (κ1) is 19.8. The minimum atomic E-state index is -0.0607. The molecular formula is C20H28N4O2S. The number of anilines is 1. The van der Waals surface area contributed by atoms with Gasteiger partial charge < -0.3 is 14.6 Å². The fourth-order valence-corrected chi connectivity index (χ4v) is 3.72. The van der Waals surface area contributed by atoms with Crippen LogP contribution in [-0.4, -0.2) is 40.9 Å². The Bertz CT molecular complexity index is 795. The first-order valence-electron chi connectivity index (χ1n) is 9.38. The largest absolute Gasteiger partial charge is 0.441 e. The van der Waals surface area contributed by atoms with E-state index in [0.29, 0.717) is 23.4 Å². The van der Waals surface area contributed by atoms with E-state index < -0.39 is 0 Å². The summed E-state index contributed by atoms with van der Waals surface area (Å²) >= 11 is 1.45. The first-order valence-corrected chi connectivity index (χ1v) is 10.2. The summed E-state index contributed by atoms with van der Waals surface area (Å²) in [6.45, 7) is 8.41. The summed E-state index contributed by atoms with van der Waals surface area (Å²) in [7, 11) is 2.13. The van der Waals surface area contributed by atoms with E-state index in [2.05, 4.69) is 48.0 Å². The number of likely N-dealkylation sites (tertiary alicyclic amines) is 1. The molecule has 146 valence electrons. The number of hydrogen-bond acceptors (Lipinski definition) is 6. The van der Waals surface area contributed by atoms with E-state index in [1.54, 1.807) is 12.4 Å². The number of carbonyl (C=O) groups excluding carboxylic acids is 1. The van der Waals surface area contributed by atoms with Crippen LogP contribution in [0.1, 0.15) is 56.6 Å². The predicted molar refractivity (Wildman–Crippen MR) is 110 cm³/mol. The van der Waals surface area contributed by atoms with Crippen LogP contribution in [0, 0.1) is 5.92 Å². The second-order valence-electron chi connectivity index (χ2n) is 8.21. The Morgan fingerprint density at radius 3 is 2.70 bits per heavy atom. The lowest BCUT2D eigenvalue weighted by molar-refractivity contribution is -0.117. The van der Waals surface area contributed by atoms with Crippen LogP contribution in [0.4, 0.5) is 5.13 Å². The van der Waals surface area contributed by atoms with Crippen LogP contribution >= 0.6 is 11.3 Å². The molecule has 27 heavy (non-hydrogen) atoms. The zero-order valence-electron chi connectivity index (χ0n) is 16.5. The molecule has 1 fully saturated rings. The molecule has 2 aromatic heterocycles. The standard InChI is InChI=1S/C20H28N4O2S/c1-20(2,3)16-13-21-18(26-16)6-5-15-12-22-19(27-15)23-17(25)11-14-7-9-24(4)10-8-14/h5-6,12-14H,7-11H2,1-4H3,(H,22,23,25). The van der Waals surface area contributed by atoms with Crippen molar-refractivity contribution in [1.29, 1.82) is 0 Å². The molecule has 6 nitrogen and oxygen atoms in total. The van der Waals surface area contributed by atoms with Crippen LogP contribution < -0.4 is 5.32 Å². The highest BCUT2D eigenvalue weighted by Gasteiger charge is 2.20. The number of rotatable bonds is 5. The molecule has 1 aliphatic heterocycles. The second-order valence-corrected chi connectivity index (χ2v) is 9.28. The first-order chi connectivity index (χ1) is 12.8. The van der Waals surface area contributed by atoms with Crippen molar-refractivity contribution in [2.75, 3.05) is 25.5 Å². The second kappa shape index (κ2) is 8.35. The lowest BCUT2D eigenvalue weighted by atomic mass is 9.93. The lowest BCUT2D eigenvalue weighted by Gasteiger charge is -2.28. The minimum absolute atomic E-state index is 0.0527. The summed E-state index contributed by atoms with van der Waals surface area (Å²) in [5.41, 5.74) is -0.0607. The Morgan fingerprint density at radius 1 is 1.30 bits per heavy atom. The highest BCUT2D eigenvalue weighted by Crippen LogP contribution is 2.25. The quantitative estimate of drug-likeness (QED) is 0.828. The van der Waals surface area contributed by atoms with Gasteiger partial charge in [-0.25, -0.2) is 9.97 Å². The normalized spacial score (nSPS) is 16.9. The van der Waals surface area contributed by atoms with E-state index in [4.69, 9.17) is 4.42 Å². The molecule has 0 aromatic carbocycles. The molecule has 1 aliphatic rings. The summed E-state index contributed by atoms with van der Waals surface area (Å²) < 4.78 is 5.75. The number of hydrogen-bond donors (Lipinski definition) is 1. The van der Waals surface area contributed by atoms with Gasteiger partial charge in [0.05, 0.1) is 6.20 Å². The molecule has 0 spiro atoms. The molecule has 2 aromatic rings. The van der Waals surface area contributed by atoms with Gasteiger partial charge in [-0.15, -0.1) is 0 Å². The molecule has 0 atom stereocenters. The van der Waals surface area contributed by atoms with E-state index in [1.165, 1.54) is 11.3 Å². The Balaban J connectivity index is 1.52. The van der Waals surface area contributed by atoms with Gasteiger partial charge in [-0.1, -0.05) is 32.1 Å². The smallest absolute Gasteiger partial charge is 0.226 e. The zero-order chi connectivity index (χ0) is 19.4. The minimum Gasteiger partial charge on any atom is -0.441 e. The highest BCUT2D eigenvalue weighted by molar-refractivity contribution is 7.16. The monoisotopic (exact) mass is 388 g/mol. The van der Waals surface area contributed by atoms with E-state index in [0.717, 1.165) is 36.6 Å². The molecule has 3 heterocycles. The van der Waals surface area contributed by atoms with Crippen LogP contribution in [0.3, 0.4) is 0 Å². The van der Waals surface area contributed by atoms with Gasteiger partial charge in [-0.05, 0) is 45.0 Å². The summed E-state index contributed by atoms with van der Waals surface area (Å²) in [6, 6.07) is 0. The molecular weight excluding hydrogens is 360 g/mol. The van der Waals surface area contributed by atoms with E-state index in [9.17, 15) is 4.79 Å². The maximum Gasteiger partial charge on any atom is 0.226 e. The van der Waals surface area contributed by atoms with Gasteiger partial charge in [-0.2, -0.15) is 0 Å². The molecule has 0 bridgehead atoms. The van der Waals surface area contributed by atoms with Crippen molar-refractivity contribution < 1.29 is 9.21 Å². The molecule has 3 rings (SSSR count). The van der Waals surface area contributed by atoms with Crippen LogP contribution in [-0.2, 0) is 10.2 Å². The van der Waals surface area contributed by atoms with Crippen LogP contribution in [0.15, 0.2) is 16.8 Å². The van der Waals surface area contributed by atoms with Crippen molar-refractivity contribution >= 4 is 34.5 Å². The Kier molecular flexibility index (Phi) is 6.11. The van der Waals surface area contributed by atoms with Crippen molar-refractivity contribution in [2.24, 2.45) is 5.92 Å². The van der Waals surface area contributed by atoms with Gasteiger partial charge >= 0.3 is 0 Å². The number of thiazole rings is 1. The van der Waals surface area contributed by atoms with Crippen molar-refractivity contribution in [2.45, 2.75) is 45.4 Å². The molecule has 0 radical (unpaired) electrons. The van der Waals surface area contributed by atoms with Crippen molar-refractivity contribution in [3.8, 4) is 0 Å². The van der Waals surface area contributed by atoms with Crippen LogP contribution in [0.25, 0.3) is 12.2 Å². The lowest BCUT2D eigenvalue weighted by Crippen LogP contribution is -2.31. The molecule has 1 N–H and O–H groups in total. The van der Waals surface area contributed by atoms with Gasteiger partial charge in [-0.3, -0.25) is 4.79 Å². The van der Waals surface area contributed by atoms with E-state index >= 15 is 0 Å². The Morgan fingerprint density at radius 2 is 2.04 bits per heavy atom. The highest BCUT2D eigenvalue weighted by atomic mass is 32.1. The number of nitrogens with zero attached hydrogens (tertiary/aromatic N) is 3. The number of carbonyl (C=O) groups is 1. The number of amides is 1. The summed E-state index contributed by atoms with van der Waals surface area (Å²) in [5.74, 6) is 1.95. The van der Waals surface area contributed by atoms with Gasteiger partial charge in [0.25, 0.3) is 0 Å². The molecule has 1 saturated heterocycles. The van der Waals surface area contributed by atoms with Crippen molar-refractivity contribution in [3.05, 3.63) is 28.9 Å². The third-order valence-electron chi connectivity index (χ3n) is 4.74. The summed E-state index contributed by atoms with van der Waals surface area (Å²) in [4.78, 5) is 24.1. The van der Waals surface area contributed by atoms with Crippen molar-refractivity contribution in [1.82, 2.24) is 14.9 Å². The van der Waals surface area contributed by atoms with Crippen LogP contribution in [0.5, 0.6) is 0 Å². The summed E-state index contributed by atoms with van der Waals surface area (Å²) in [5, 5.41) is 3.56. The topological polar surface area (TPSA) is 71.3 Å². The number of nitrogens with one attached hydrogen (secondary N) is 1. The SMILES string of the molecule is CN1CCC(CC(=O)Nc2ncc(C=Cc3ncc(C(C)(C)C)o3)s2)CC1. The Labute approximate surface area is 164 Å². The Hall–Kier alpha value is -1.99. The molecule has 1 amide bonds. The maximum absolute atomic E-state index is 12.2. The maximum atomic E-state index is 12.2. The number of aromatic nitrogens is 2. The molecule has 0 unspecified atom stereocenters. The zero-order valence-corrected chi connectivity index (χ0v) is 17.3. The number of piperidine rings is 1. The molecule has 0 aliphatic carbocycles. The third kappa shape index (κ3) is 5.74. The number of oxazole rings is 1. The fraction of sp³-hybridized carbons (Fsp3) is 0.550. The van der Waals surface area contributed by atoms with E-state index in [-0.39, 0.29) is 11.3 Å². The van der Waals surface area contributed by atoms with Gasteiger partial charge in [0.2, 0.25) is 11.8 Å². The predicted octanol–water partition coefficient (Wildman–Crippen LogP) is 4.27. The van der Waals surface area contributed by atoms with Crippen molar-refractivity contribution in [3.63, 3.8) is 0 Å². The fourth-order valence-electron chi connectivity index (χ4n) is 2.98. The summed E-state index contributed by atoms with van der Waals surface area (Å²) in [6.07, 6.45) is 9.99. The van der Waals surface area contributed by atoms with Gasteiger partial charge in [0.1, 0.15) is 5.76 Å². The average Bonchev–Trinajstić information content (AvgIpc) is 3.24. The van der Waals surface area contributed by atoms with Gasteiger partial charge in [0.15, 0.2) is 5.13 Å². The van der Waals surface area contributed by atoms with E-state index in [1.807, 2.05) is 12.2 Å². The molecule has 7 heteroatoms.